The molecule has 0 saturated heterocycles. The van der Waals surface area contributed by atoms with E-state index in [-0.39, 0.29) is 24.1 Å². The summed E-state index contributed by atoms with van der Waals surface area (Å²) in [7, 11) is 3.01. The number of hydrogen-bond donors (Lipinski definition) is 1. The Morgan fingerprint density at radius 3 is 2.12 bits per heavy atom. The van der Waals surface area contributed by atoms with Gasteiger partial charge in [-0.2, -0.15) is 9.97 Å². The van der Waals surface area contributed by atoms with Crippen molar-refractivity contribution in [3.63, 3.8) is 0 Å². The number of nitrogens with zero attached hydrogens (tertiary/aromatic N) is 4. The van der Waals surface area contributed by atoms with Crippen molar-refractivity contribution in [2.45, 2.75) is 20.4 Å². The smallest absolute Gasteiger partial charge is 0.253 e. The summed E-state index contributed by atoms with van der Waals surface area (Å²) in [4.78, 5) is 25.1. The number of aromatic nitrogens is 2. The van der Waals surface area contributed by atoms with Gasteiger partial charge in [0.2, 0.25) is 17.7 Å². The van der Waals surface area contributed by atoms with Gasteiger partial charge in [-0.05, 0) is 50.2 Å². The highest BCUT2D eigenvalue weighted by atomic mass is 35.5. The lowest BCUT2D eigenvalue weighted by molar-refractivity contribution is 0.0773. The van der Waals surface area contributed by atoms with Crippen molar-refractivity contribution in [2.24, 2.45) is 0 Å². The van der Waals surface area contributed by atoms with E-state index in [1.165, 1.54) is 14.2 Å². The Kier molecular flexibility index (Phi) is 7.95. The van der Waals surface area contributed by atoms with Gasteiger partial charge < -0.3 is 24.4 Å². The molecular formula is C24H27ClN4O4. The average molecular weight is 471 g/mol. The molecule has 1 heterocycles. The Labute approximate surface area is 198 Å². The molecule has 0 atom stereocenters. The lowest BCUT2D eigenvalue weighted by Crippen LogP contribution is -2.30. The number of aromatic hydroxyl groups is 1. The van der Waals surface area contributed by atoms with Crippen LogP contribution in [-0.4, -0.2) is 53.2 Å². The zero-order valence-electron chi connectivity index (χ0n) is 19.1. The van der Waals surface area contributed by atoms with Crippen LogP contribution in [0.5, 0.6) is 17.5 Å². The number of anilines is 2. The molecule has 33 heavy (non-hydrogen) atoms. The largest absolute Gasteiger partial charge is 0.508 e. The van der Waals surface area contributed by atoms with Crippen molar-refractivity contribution in [1.82, 2.24) is 14.9 Å². The van der Waals surface area contributed by atoms with Crippen molar-refractivity contribution in [2.75, 3.05) is 32.2 Å². The molecule has 174 valence electrons. The van der Waals surface area contributed by atoms with Crippen molar-refractivity contribution in [3.8, 4) is 17.5 Å². The maximum atomic E-state index is 12.7. The Balaban J connectivity index is 2.07. The molecule has 0 radical (unpaired) electrons. The number of halogens is 1. The molecule has 1 N–H and O–H groups in total. The Morgan fingerprint density at radius 1 is 1.00 bits per heavy atom. The second-order valence-corrected chi connectivity index (χ2v) is 7.51. The SMILES string of the molecule is CCN(CC)C(=O)c1ccc(N(Cc2c(O)cccc2Cl)c2nc(OC)cc(OC)n2)cc1. The van der Waals surface area contributed by atoms with Crippen LogP contribution in [0.3, 0.4) is 0 Å². The van der Waals surface area contributed by atoms with Crippen molar-refractivity contribution in [3.05, 3.63) is 64.7 Å². The summed E-state index contributed by atoms with van der Waals surface area (Å²) in [5, 5.41) is 10.8. The Morgan fingerprint density at radius 2 is 1.61 bits per heavy atom. The summed E-state index contributed by atoms with van der Waals surface area (Å²) in [5.74, 6) is 0.933. The molecule has 9 heteroatoms. The van der Waals surface area contributed by atoms with E-state index in [4.69, 9.17) is 21.1 Å². The van der Waals surface area contributed by atoms with Crippen LogP contribution in [0.2, 0.25) is 5.02 Å². The van der Waals surface area contributed by atoms with Gasteiger partial charge in [-0.3, -0.25) is 4.79 Å². The van der Waals surface area contributed by atoms with Gasteiger partial charge in [-0.25, -0.2) is 0 Å². The highest BCUT2D eigenvalue weighted by Crippen LogP contribution is 2.33. The third kappa shape index (κ3) is 5.46. The predicted octanol–water partition coefficient (Wildman–Crippen LogP) is 4.67. The Bertz CT molecular complexity index is 1060. The normalized spacial score (nSPS) is 10.6. The summed E-state index contributed by atoms with van der Waals surface area (Å²) >= 11 is 6.37. The lowest BCUT2D eigenvalue weighted by atomic mass is 10.1. The number of phenols is 1. The molecule has 3 aromatic rings. The molecule has 2 aromatic carbocycles. The maximum absolute atomic E-state index is 12.7. The first-order chi connectivity index (χ1) is 15.9. The van der Waals surface area contributed by atoms with E-state index in [2.05, 4.69) is 9.97 Å². The van der Waals surface area contributed by atoms with E-state index in [9.17, 15) is 9.90 Å². The average Bonchev–Trinajstić information content (AvgIpc) is 2.84. The topological polar surface area (TPSA) is 88.0 Å². The molecule has 3 rings (SSSR count). The van der Waals surface area contributed by atoms with Gasteiger partial charge in [0.25, 0.3) is 5.91 Å². The van der Waals surface area contributed by atoms with Crippen LogP contribution < -0.4 is 14.4 Å². The molecule has 1 amide bonds. The monoisotopic (exact) mass is 470 g/mol. The first-order valence-electron chi connectivity index (χ1n) is 10.5. The zero-order chi connectivity index (χ0) is 24.0. The van der Waals surface area contributed by atoms with E-state index in [1.807, 2.05) is 13.8 Å². The number of hydrogen-bond acceptors (Lipinski definition) is 7. The fourth-order valence-corrected chi connectivity index (χ4v) is 3.57. The predicted molar refractivity (Wildman–Crippen MR) is 128 cm³/mol. The molecule has 0 aliphatic heterocycles. The molecule has 0 saturated carbocycles. The fourth-order valence-electron chi connectivity index (χ4n) is 3.34. The number of ether oxygens (including phenoxy) is 2. The van der Waals surface area contributed by atoms with E-state index in [0.717, 1.165) is 0 Å². The third-order valence-corrected chi connectivity index (χ3v) is 5.57. The summed E-state index contributed by atoms with van der Waals surface area (Å²) in [6.45, 7) is 5.33. The summed E-state index contributed by atoms with van der Waals surface area (Å²) in [5.41, 5.74) is 1.78. The lowest BCUT2D eigenvalue weighted by Gasteiger charge is -2.25. The molecule has 0 fully saturated rings. The van der Waals surface area contributed by atoms with E-state index < -0.39 is 0 Å². The van der Waals surface area contributed by atoms with Crippen LogP contribution in [0.25, 0.3) is 0 Å². The minimum absolute atomic E-state index is 0.0406. The molecule has 0 spiro atoms. The number of benzene rings is 2. The summed E-state index contributed by atoms with van der Waals surface area (Å²) in [6, 6.07) is 13.6. The highest BCUT2D eigenvalue weighted by molar-refractivity contribution is 6.31. The van der Waals surface area contributed by atoms with E-state index >= 15 is 0 Å². The van der Waals surface area contributed by atoms with Gasteiger partial charge in [0.1, 0.15) is 5.75 Å². The van der Waals surface area contributed by atoms with Crippen LogP contribution in [0.15, 0.2) is 48.5 Å². The quantitative estimate of drug-likeness (QED) is 0.486. The second kappa shape index (κ2) is 10.9. The minimum atomic E-state index is -0.0406. The van der Waals surface area contributed by atoms with Gasteiger partial charge in [-0.15, -0.1) is 0 Å². The molecule has 0 aliphatic carbocycles. The van der Waals surface area contributed by atoms with Crippen LogP contribution >= 0.6 is 11.6 Å². The molecule has 0 bridgehead atoms. The molecule has 0 unspecified atom stereocenters. The second-order valence-electron chi connectivity index (χ2n) is 7.10. The van der Waals surface area contributed by atoms with E-state index in [1.54, 1.807) is 58.3 Å². The van der Waals surface area contributed by atoms with Gasteiger partial charge in [0, 0.05) is 34.9 Å². The molecular weight excluding hydrogens is 444 g/mol. The van der Waals surface area contributed by atoms with Gasteiger partial charge in [0.05, 0.1) is 26.8 Å². The molecule has 8 nitrogen and oxygen atoms in total. The standard InChI is InChI=1S/C24H27ClN4O4/c1-5-28(6-2)23(31)16-10-12-17(13-11-16)29(15-18-19(25)8-7-9-20(18)30)24-26-21(32-3)14-22(27-24)33-4/h7-14,30H,5-6,15H2,1-4H3. The Hall–Kier alpha value is -3.52. The first-order valence-corrected chi connectivity index (χ1v) is 10.9. The number of amides is 1. The molecule has 1 aromatic heterocycles. The van der Waals surface area contributed by atoms with Crippen LogP contribution in [0, 0.1) is 0 Å². The van der Waals surface area contributed by atoms with Crippen molar-refractivity contribution in [1.29, 1.82) is 0 Å². The summed E-state index contributed by atoms with van der Waals surface area (Å²) in [6.07, 6.45) is 0. The number of methoxy groups -OCH3 is 2. The molecule has 0 aliphatic rings. The van der Waals surface area contributed by atoms with E-state index in [0.29, 0.717) is 46.7 Å². The maximum Gasteiger partial charge on any atom is 0.253 e. The van der Waals surface area contributed by atoms with Crippen LogP contribution in [-0.2, 0) is 6.54 Å². The highest BCUT2D eigenvalue weighted by Gasteiger charge is 2.20. The third-order valence-electron chi connectivity index (χ3n) is 5.21. The van der Waals surface area contributed by atoms with Gasteiger partial charge in [0.15, 0.2) is 0 Å². The van der Waals surface area contributed by atoms with Gasteiger partial charge >= 0.3 is 0 Å². The summed E-state index contributed by atoms with van der Waals surface area (Å²) < 4.78 is 10.6. The van der Waals surface area contributed by atoms with Crippen LogP contribution in [0.1, 0.15) is 29.8 Å². The van der Waals surface area contributed by atoms with Crippen molar-refractivity contribution >= 4 is 29.1 Å². The minimum Gasteiger partial charge on any atom is -0.508 e. The number of phenolic OH excluding ortho intramolecular Hbond substituents is 1. The fraction of sp³-hybridized carbons (Fsp3) is 0.292. The first kappa shape index (κ1) is 24.1. The van der Waals surface area contributed by atoms with Gasteiger partial charge in [-0.1, -0.05) is 17.7 Å². The number of rotatable bonds is 9. The zero-order valence-corrected chi connectivity index (χ0v) is 19.8. The van der Waals surface area contributed by atoms with Crippen molar-refractivity contribution < 1.29 is 19.4 Å². The van der Waals surface area contributed by atoms with Crippen LogP contribution in [0.4, 0.5) is 11.6 Å². The number of carbonyl (C=O) groups excluding carboxylic acids is 1. The number of carbonyl (C=O) groups is 1.